The van der Waals surface area contributed by atoms with Crippen molar-refractivity contribution in [2.24, 2.45) is 0 Å². The third kappa shape index (κ3) is 3.28. The zero-order valence-corrected chi connectivity index (χ0v) is 14.5. The van der Waals surface area contributed by atoms with Crippen molar-refractivity contribution in [1.29, 1.82) is 0 Å². The molecule has 1 amide bonds. The summed E-state index contributed by atoms with van der Waals surface area (Å²) in [5, 5.41) is 8.99. The molecule has 0 N–H and O–H groups in total. The minimum Gasteiger partial charge on any atom is -0.422 e. The van der Waals surface area contributed by atoms with Crippen LogP contribution in [0.3, 0.4) is 0 Å². The molecule has 3 heterocycles. The molecule has 2 aromatic rings. The SMILES string of the molecule is Cc1nc(C)c(C(=O)N2CCO[C@@H](c3nnc(C(C)C)o3)C2)s1. The molecule has 3 rings (SSSR count). The molecule has 0 unspecified atom stereocenters. The van der Waals surface area contributed by atoms with Gasteiger partial charge in [-0.2, -0.15) is 0 Å². The first-order chi connectivity index (χ1) is 11.0. The summed E-state index contributed by atoms with van der Waals surface area (Å²) < 4.78 is 11.4. The normalized spacial score (nSPS) is 18.7. The summed E-state index contributed by atoms with van der Waals surface area (Å²) >= 11 is 1.43. The first-order valence-electron chi connectivity index (χ1n) is 7.64. The fourth-order valence-electron chi connectivity index (χ4n) is 2.47. The number of morpholine rings is 1. The Morgan fingerprint density at radius 1 is 1.35 bits per heavy atom. The predicted octanol–water partition coefficient (Wildman–Crippen LogP) is 2.48. The number of hydrogen-bond donors (Lipinski definition) is 0. The molecule has 0 spiro atoms. The van der Waals surface area contributed by atoms with Crippen LogP contribution in [0.5, 0.6) is 0 Å². The molecule has 23 heavy (non-hydrogen) atoms. The minimum atomic E-state index is -0.373. The lowest BCUT2D eigenvalue weighted by molar-refractivity contribution is -0.0350. The highest BCUT2D eigenvalue weighted by Gasteiger charge is 2.31. The Kier molecular flexibility index (Phi) is 4.45. The second kappa shape index (κ2) is 6.37. The van der Waals surface area contributed by atoms with E-state index >= 15 is 0 Å². The Hall–Kier alpha value is -1.80. The molecule has 0 saturated carbocycles. The number of thiazole rings is 1. The highest BCUT2D eigenvalue weighted by atomic mass is 32.1. The number of carbonyl (C=O) groups is 1. The highest BCUT2D eigenvalue weighted by Crippen LogP contribution is 2.26. The molecule has 1 fully saturated rings. The van der Waals surface area contributed by atoms with Crippen molar-refractivity contribution in [2.45, 2.75) is 39.7 Å². The van der Waals surface area contributed by atoms with Crippen LogP contribution < -0.4 is 0 Å². The van der Waals surface area contributed by atoms with Gasteiger partial charge in [0.05, 0.1) is 23.9 Å². The van der Waals surface area contributed by atoms with Crippen molar-refractivity contribution in [3.05, 3.63) is 27.4 Å². The van der Waals surface area contributed by atoms with E-state index in [1.165, 1.54) is 11.3 Å². The Labute approximate surface area is 138 Å². The highest BCUT2D eigenvalue weighted by molar-refractivity contribution is 7.13. The van der Waals surface area contributed by atoms with Crippen LogP contribution in [-0.2, 0) is 4.74 Å². The van der Waals surface area contributed by atoms with Crippen LogP contribution in [0.1, 0.15) is 58.0 Å². The number of carbonyl (C=O) groups excluding carboxylic acids is 1. The maximum absolute atomic E-state index is 12.7. The fraction of sp³-hybridized carbons (Fsp3) is 0.600. The van der Waals surface area contributed by atoms with E-state index in [4.69, 9.17) is 9.15 Å². The quantitative estimate of drug-likeness (QED) is 0.856. The van der Waals surface area contributed by atoms with Crippen molar-refractivity contribution >= 4 is 17.2 Å². The molecule has 0 bridgehead atoms. The Bertz CT molecular complexity index is 709. The number of amides is 1. The number of nitrogens with zero attached hydrogens (tertiary/aromatic N) is 4. The first-order valence-corrected chi connectivity index (χ1v) is 8.45. The van der Waals surface area contributed by atoms with Crippen LogP contribution in [-0.4, -0.2) is 45.7 Å². The molecule has 0 aliphatic carbocycles. The van der Waals surface area contributed by atoms with Crippen LogP contribution in [0, 0.1) is 13.8 Å². The van der Waals surface area contributed by atoms with E-state index in [0.717, 1.165) is 10.7 Å². The smallest absolute Gasteiger partial charge is 0.266 e. The summed E-state index contributed by atoms with van der Waals surface area (Å²) in [6.07, 6.45) is -0.373. The van der Waals surface area contributed by atoms with Crippen LogP contribution >= 0.6 is 11.3 Å². The van der Waals surface area contributed by atoms with Crippen molar-refractivity contribution in [3.63, 3.8) is 0 Å². The third-order valence-corrected chi connectivity index (χ3v) is 4.74. The number of aromatic nitrogens is 3. The molecule has 0 radical (unpaired) electrons. The van der Waals surface area contributed by atoms with Gasteiger partial charge in [0.15, 0.2) is 6.10 Å². The molecule has 1 aliphatic rings. The average molecular weight is 336 g/mol. The summed E-state index contributed by atoms with van der Waals surface area (Å²) in [5.41, 5.74) is 0.778. The van der Waals surface area contributed by atoms with Crippen molar-refractivity contribution in [3.8, 4) is 0 Å². The van der Waals surface area contributed by atoms with E-state index in [2.05, 4.69) is 15.2 Å². The molecule has 1 atom stereocenters. The maximum Gasteiger partial charge on any atom is 0.266 e. The number of aryl methyl sites for hydroxylation is 2. The Morgan fingerprint density at radius 2 is 2.13 bits per heavy atom. The minimum absolute atomic E-state index is 0.00926. The zero-order valence-electron chi connectivity index (χ0n) is 13.7. The van der Waals surface area contributed by atoms with E-state index in [0.29, 0.717) is 36.4 Å². The van der Waals surface area contributed by atoms with Crippen molar-refractivity contribution in [2.75, 3.05) is 19.7 Å². The van der Waals surface area contributed by atoms with Gasteiger partial charge in [-0.15, -0.1) is 21.5 Å². The van der Waals surface area contributed by atoms with Crippen LogP contribution in [0.4, 0.5) is 0 Å². The Balaban J connectivity index is 1.75. The van der Waals surface area contributed by atoms with E-state index in [9.17, 15) is 4.79 Å². The van der Waals surface area contributed by atoms with Crippen LogP contribution in [0.15, 0.2) is 4.42 Å². The number of ether oxygens (including phenoxy) is 1. The van der Waals surface area contributed by atoms with Crippen molar-refractivity contribution < 1.29 is 13.9 Å². The van der Waals surface area contributed by atoms with Gasteiger partial charge >= 0.3 is 0 Å². The Morgan fingerprint density at radius 3 is 2.74 bits per heavy atom. The van der Waals surface area contributed by atoms with E-state index in [1.807, 2.05) is 27.7 Å². The summed E-state index contributed by atoms with van der Waals surface area (Å²) in [7, 11) is 0. The zero-order chi connectivity index (χ0) is 16.6. The summed E-state index contributed by atoms with van der Waals surface area (Å²) in [4.78, 5) is 19.5. The fourth-order valence-corrected chi connectivity index (χ4v) is 3.35. The molecular formula is C15H20N4O3S. The van der Waals surface area contributed by atoms with Gasteiger partial charge in [-0.25, -0.2) is 4.98 Å². The van der Waals surface area contributed by atoms with Crippen molar-refractivity contribution in [1.82, 2.24) is 20.1 Å². The second-order valence-electron chi connectivity index (χ2n) is 5.89. The molecule has 1 aliphatic heterocycles. The van der Waals surface area contributed by atoms with Gasteiger partial charge in [0, 0.05) is 12.5 Å². The maximum atomic E-state index is 12.7. The van der Waals surface area contributed by atoms with E-state index in [1.54, 1.807) is 4.90 Å². The lowest BCUT2D eigenvalue weighted by atomic mass is 10.2. The molecule has 2 aromatic heterocycles. The summed E-state index contributed by atoms with van der Waals surface area (Å²) in [6.45, 7) is 9.16. The number of hydrogen-bond acceptors (Lipinski definition) is 7. The molecule has 8 heteroatoms. The predicted molar refractivity (Wildman–Crippen MR) is 84.6 cm³/mol. The lowest BCUT2D eigenvalue weighted by Gasteiger charge is -2.31. The molecular weight excluding hydrogens is 316 g/mol. The summed E-state index contributed by atoms with van der Waals surface area (Å²) in [5.74, 6) is 1.18. The average Bonchev–Trinajstić information content (AvgIpc) is 3.13. The third-order valence-electron chi connectivity index (χ3n) is 3.68. The standard InChI is InChI=1S/C15H20N4O3S/c1-8(2)13-17-18-14(22-13)11-7-19(5-6-21-11)15(20)12-9(3)16-10(4)23-12/h8,11H,5-7H2,1-4H3/t11-/m1/s1. The van der Waals surface area contributed by atoms with Gasteiger partial charge in [-0.1, -0.05) is 13.8 Å². The van der Waals surface area contributed by atoms with Crippen LogP contribution in [0.2, 0.25) is 0 Å². The second-order valence-corrected chi connectivity index (χ2v) is 7.09. The number of rotatable bonds is 3. The van der Waals surface area contributed by atoms with Gasteiger partial charge in [0.25, 0.3) is 5.91 Å². The van der Waals surface area contributed by atoms with Gasteiger partial charge in [-0.3, -0.25) is 4.79 Å². The van der Waals surface area contributed by atoms with E-state index < -0.39 is 0 Å². The molecule has 0 aromatic carbocycles. The molecule has 1 saturated heterocycles. The molecule has 7 nitrogen and oxygen atoms in total. The van der Waals surface area contributed by atoms with Gasteiger partial charge < -0.3 is 14.1 Å². The first kappa shape index (κ1) is 16.1. The van der Waals surface area contributed by atoms with Gasteiger partial charge in [0.2, 0.25) is 11.8 Å². The largest absolute Gasteiger partial charge is 0.422 e. The topological polar surface area (TPSA) is 81.4 Å². The van der Waals surface area contributed by atoms with E-state index in [-0.39, 0.29) is 17.9 Å². The summed E-state index contributed by atoms with van der Waals surface area (Å²) in [6, 6.07) is 0. The monoisotopic (exact) mass is 336 g/mol. The lowest BCUT2D eigenvalue weighted by Crippen LogP contribution is -2.42. The van der Waals surface area contributed by atoms with Gasteiger partial charge in [-0.05, 0) is 13.8 Å². The van der Waals surface area contributed by atoms with Crippen LogP contribution in [0.25, 0.3) is 0 Å². The molecule has 124 valence electrons. The van der Waals surface area contributed by atoms with Gasteiger partial charge in [0.1, 0.15) is 4.88 Å².